The smallest absolute Gasteiger partial charge is 0.227 e. The van der Waals surface area contributed by atoms with Gasteiger partial charge >= 0.3 is 0 Å². The van der Waals surface area contributed by atoms with Crippen molar-refractivity contribution in [1.82, 2.24) is 10.6 Å². The molecule has 154 valence electrons. The van der Waals surface area contributed by atoms with Crippen molar-refractivity contribution < 1.29 is 9.53 Å². The molecule has 29 heavy (non-hydrogen) atoms. The molecule has 0 aliphatic carbocycles. The van der Waals surface area contributed by atoms with Gasteiger partial charge in [-0.05, 0) is 49.4 Å². The molecule has 4 rings (SSSR count). The third kappa shape index (κ3) is 4.16. The van der Waals surface area contributed by atoms with Crippen LogP contribution in [0.1, 0.15) is 48.9 Å². The van der Waals surface area contributed by atoms with Crippen molar-refractivity contribution in [3.05, 3.63) is 59.2 Å². The Hall–Kier alpha value is -2.37. The average molecular weight is 394 g/mol. The summed E-state index contributed by atoms with van der Waals surface area (Å²) >= 11 is 0. The van der Waals surface area contributed by atoms with Gasteiger partial charge < -0.3 is 20.3 Å². The van der Waals surface area contributed by atoms with E-state index in [2.05, 4.69) is 60.0 Å². The molecule has 0 spiro atoms. The van der Waals surface area contributed by atoms with Gasteiger partial charge in [-0.3, -0.25) is 4.79 Å². The molecule has 5 heteroatoms. The van der Waals surface area contributed by atoms with E-state index in [0.717, 1.165) is 36.3 Å². The molecule has 1 fully saturated rings. The number of ether oxygens (including phenoxy) is 1. The summed E-state index contributed by atoms with van der Waals surface area (Å²) in [4.78, 5) is 13.9. The quantitative estimate of drug-likeness (QED) is 0.815. The minimum atomic E-state index is 0.177. The van der Waals surface area contributed by atoms with Gasteiger partial charge in [0, 0.05) is 49.4 Å². The third-order valence-electron chi connectivity index (χ3n) is 6.32. The summed E-state index contributed by atoms with van der Waals surface area (Å²) in [6, 6.07) is 16.0. The number of methoxy groups -OCH3 is 1. The van der Waals surface area contributed by atoms with Crippen LogP contribution in [-0.4, -0.2) is 32.1 Å². The number of rotatable bonds is 5. The molecule has 5 nitrogen and oxygen atoms in total. The summed E-state index contributed by atoms with van der Waals surface area (Å²) in [5.74, 6) is 1.07. The lowest BCUT2D eigenvalue weighted by Gasteiger charge is -2.37. The second-order valence-corrected chi connectivity index (χ2v) is 8.27. The molecule has 0 unspecified atom stereocenters. The Balaban J connectivity index is 1.55. The molecule has 0 bridgehead atoms. The molecule has 2 N–H and O–H groups in total. The molecule has 1 amide bonds. The summed E-state index contributed by atoms with van der Waals surface area (Å²) in [5.41, 5.74) is 4.61. The highest BCUT2D eigenvalue weighted by Gasteiger charge is 2.29. The minimum absolute atomic E-state index is 0.177. The van der Waals surface area contributed by atoms with E-state index in [1.54, 1.807) is 12.0 Å². The summed E-state index contributed by atoms with van der Waals surface area (Å²) in [6.07, 6.45) is 3.62. The first kappa shape index (κ1) is 19.9. The number of hydrogen-bond donors (Lipinski definition) is 2. The summed E-state index contributed by atoms with van der Waals surface area (Å²) in [6.45, 7) is 2.97. The van der Waals surface area contributed by atoms with Crippen LogP contribution in [0.5, 0.6) is 5.75 Å². The monoisotopic (exact) mass is 393 g/mol. The van der Waals surface area contributed by atoms with Crippen molar-refractivity contribution in [2.24, 2.45) is 0 Å². The zero-order valence-electron chi connectivity index (χ0n) is 17.6. The first-order chi connectivity index (χ1) is 14.1. The number of hydrogen-bond acceptors (Lipinski definition) is 4. The van der Waals surface area contributed by atoms with Crippen molar-refractivity contribution in [3.8, 4) is 5.75 Å². The molecule has 2 aliphatic rings. The van der Waals surface area contributed by atoms with E-state index in [1.807, 2.05) is 7.05 Å². The van der Waals surface area contributed by atoms with Crippen LogP contribution in [-0.2, 0) is 17.8 Å². The Labute approximate surface area is 173 Å². The molecule has 2 aromatic rings. The number of carbonyl (C=O) groups excluding carboxylic acids is 1. The summed E-state index contributed by atoms with van der Waals surface area (Å²) < 4.78 is 5.68. The Bertz CT molecular complexity index is 868. The maximum Gasteiger partial charge on any atom is 0.227 e. The van der Waals surface area contributed by atoms with Crippen LogP contribution in [0.2, 0.25) is 0 Å². The lowest BCUT2D eigenvalue weighted by Crippen LogP contribution is -2.49. The van der Waals surface area contributed by atoms with E-state index in [-0.39, 0.29) is 11.9 Å². The number of piperidine rings is 1. The van der Waals surface area contributed by atoms with Gasteiger partial charge in [-0.2, -0.15) is 0 Å². The SMILES string of the molecule is COc1cc2c(cc1CN[C@H]1CC[C@@H](C)N[C@H]1c1ccccc1)N(C)C(=O)CC2. The van der Waals surface area contributed by atoms with Crippen molar-refractivity contribution >= 4 is 11.6 Å². The number of fused-ring (bicyclic) bond motifs is 1. The average Bonchev–Trinajstić information content (AvgIpc) is 2.75. The fourth-order valence-corrected chi connectivity index (χ4v) is 4.59. The molecule has 2 aliphatic heterocycles. The van der Waals surface area contributed by atoms with Crippen molar-refractivity contribution in [1.29, 1.82) is 0 Å². The number of amides is 1. The number of aryl methyl sites for hydroxylation is 1. The van der Waals surface area contributed by atoms with Gasteiger partial charge in [0.1, 0.15) is 5.75 Å². The maximum absolute atomic E-state index is 12.1. The van der Waals surface area contributed by atoms with E-state index in [9.17, 15) is 4.79 Å². The van der Waals surface area contributed by atoms with E-state index in [4.69, 9.17) is 4.74 Å². The van der Waals surface area contributed by atoms with Gasteiger partial charge in [0.15, 0.2) is 0 Å². The Morgan fingerprint density at radius 3 is 2.72 bits per heavy atom. The molecular formula is C24H31N3O2. The van der Waals surface area contributed by atoms with Crippen LogP contribution in [0.3, 0.4) is 0 Å². The third-order valence-corrected chi connectivity index (χ3v) is 6.32. The lowest BCUT2D eigenvalue weighted by molar-refractivity contribution is -0.118. The van der Waals surface area contributed by atoms with Crippen LogP contribution < -0.4 is 20.3 Å². The topological polar surface area (TPSA) is 53.6 Å². The van der Waals surface area contributed by atoms with Crippen LogP contribution in [0, 0.1) is 0 Å². The first-order valence-electron chi connectivity index (χ1n) is 10.6. The Morgan fingerprint density at radius 1 is 1.17 bits per heavy atom. The zero-order valence-corrected chi connectivity index (χ0v) is 17.6. The normalized spacial score (nSPS) is 24.3. The predicted molar refractivity (Wildman–Crippen MR) is 116 cm³/mol. The largest absolute Gasteiger partial charge is 0.496 e. The van der Waals surface area contributed by atoms with E-state index >= 15 is 0 Å². The van der Waals surface area contributed by atoms with E-state index < -0.39 is 0 Å². The van der Waals surface area contributed by atoms with Gasteiger partial charge in [-0.25, -0.2) is 0 Å². The fourth-order valence-electron chi connectivity index (χ4n) is 4.59. The second kappa shape index (κ2) is 8.56. The molecule has 1 saturated heterocycles. The molecule has 0 saturated carbocycles. The highest BCUT2D eigenvalue weighted by molar-refractivity contribution is 5.96. The first-order valence-corrected chi connectivity index (χ1v) is 10.6. The van der Waals surface area contributed by atoms with Crippen molar-refractivity contribution in [2.75, 3.05) is 19.1 Å². The number of carbonyl (C=O) groups is 1. The van der Waals surface area contributed by atoms with Crippen LogP contribution in [0.25, 0.3) is 0 Å². The lowest BCUT2D eigenvalue weighted by atomic mass is 9.89. The molecular weight excluding hydrogens is 362 g/mol. The molecule has 3 atom stereocenters. The van der Waals surface area contributed by atoms with E-state index in [1.165, 1.54) is 11.1 Å². The summed E-state index contributed by atoms with van der Waals surface area (Å²) in [5, 5.41) is 7.53. The van der Waals surface area contributed by atoms with Crippen LogP contribution >= 0.6 is 0 Å². The van der Waals surface area contributed by atoms with E-state index in [0.29, 0.717) is 25.0 Å². The van der Waals surface area contributed by atoms with Crippen molar-refractivity contribution in [2.45, 2.75) is 57.3 Å². The van der Waals surface area contributed by atoms with Gasteiger partial charge in [-0.15, -0.1) is 0 Å². The zero-order chi connectivity index (χ0) is 20.4. The molecule has 2 aromatic carbocycles. The number of nitrogens with one attached hydrogen (secondary N) is 2. The molecule has 0 radical (unpaired) electrons. The van der Waals surface area contributed by atoms with Gasteiger partial charge in [-0.1, -0.05) is 30.3 Å². The van der Waals surface area contributed by atoms with Gasteiger partial charge in [0.05, 0.1) is 7.11 Å². The van der Waals surface area contributed by atoms with Gasteiger partial charge in [0.25, 0.3) is 0 Å². The van der Waals surface area contributed by atoms with Crippen LogP contribution in [0.4, 0.5) is 5.69 Å². The Kier molecular flexibility index (Phi) is 5.88. The Morgan fingerprint density at radius 2 is 1.97 bits per heavy atom. The second-order valence-electron chi connectivity index (χ2n) is 8.27. The highest BCUT2D eigenvalue weighted by atomic mass is 16.5. The standard InChI is InChI=1S/C24H31N3O2/c1-16-9-11-20(24(26-16)17-7-5-4-6-8-17)25-15-19-13-21-18(14-22(19)29-3)10-12-23(28)27(21)2/h4-8,13-14,16,20,24-26H,9-12,15H2,1-3H3/t16-,20+,24+/m1/s1. The van der Waals surface area contributed by atoms with Crippen LogP contribution in [0.15, 0.2) is 42.5 Å². The predicted octanol–water partition coefficient (Wildman–Crippen LogP) is 3.58. The minimum Gasteiger partial charge on any atom is -0.496 e. The number of anilines is 1. The summed E-state index contributed by atoms with van der Waals surface area (Å²) in [7, 11) is 3.58. The molecule has 2 heterocycles. The number of nitrogens with zero attached hydrogens (tertiary/aromatic N) is 1. The fraction of sp³-hybridized carbons (Fsp3) is 0.458. The maximum atomic E-state index is 12.1. The van der Waals surface area contributed by atoms with Crippen molar-refractivity contribution in [3.63, 3.8) is 0 Å². The number of benzene rings is 2. The highest BCUT2D eigenvalue weighted by Crippen LogP contribution is 2.34. The molecule has 0 aromatic heterocycles. The van der Waals surface area contributed by atoms with Gasteiger partial charge in [0.2, 0.25) is 5.91 Å².